The van der Waals surface area contributed by atoms with Crippen LogP contribution < -0.4 is 0 Å². The van der Waals surface area contributed by atoms with Crippen molar-refractivity contribution in [1.82, 2.24) is 0 Å². The van der Waals surface area contributed by atoms with Gasteiger partial charge < -0.3 is 9.47 Å². The van der Waals surface area contributed by atoms with Gasteiger partial charge in [-0.05, 0) is 12.8 Å². The van der Waals surface area contributed by atoms with Crippen LogP contribution in [0.2, 0.25) is 0 Å². The summed E-state index contributed by atoms with van der Waals surface area (Å²) in [4.78, 5) is 10.7. The van der Waals surface area contributed by atoms with Crippen molar-refractivity contribution < 1.29 is 14.3 Å². The van der Waals surface area contributed by atoms with E-state index in [2.05, 4.69) is 6.92 Å². The molecule has 0 aromatic rings. The molecule has 0 bridgehead atoms. The van der Waals surface area contributed by atoms with Crippen LogP contribution in [0.1, 0.15) is 27.7 Å². The highest BCUT2D eigenvalue weighted by Crippen LogP contribution is 2.32. The van der Waals surface area contributed by atoms with Crippen molar-refractivity contribution >= 4 is 5.97 Å². The SMILES string of the molecule is CC(=O)O[C@@H]1O[C@H](C)[C@@H](C)[C@H]1C. The third-order valence-electron chi connectivity index (χ3n) is 2.63. The van der Waals surface area contributed by atoms with Crippen LogP contribution in [-0.4, -0.2) is 18.4 Å². The van der Waals surface area contributed by atoms with Gasteiger partial charge in [-0.3, -0.25) is 4.79 Å². The molecule has 3 nitrogen and oxygen atoms in total. The van der Waals surface area contributed by atoms with E-state index in [4.69, 9.17) is 9.47 Å². The molecular formula is C9H16O3. The third-order valence-corrected chi connectivity index (χ3v) is 2.63. The summed E-state index contributed by atoms with van der Waals surface area (Å²) in [6.45, 7) is 7.56. The minimum absolute atomic E-state index is 0.185. The number of hydrogen-bond donors (Lipinski definition) is 0. The van der Waals surface area contributed by atoms with E-state index >= 15 is 0 Å². The Bertz CT molecular complexity index is 179. The molecule has 1 rings (SSSR count). The molecule has 0 saturated carbocycles. The topological polar surface area (TPSA) is 35.5 Å². The molecule has 0 radical (unpaired) electrons. The van der Waals surface area contributed by atoms with Crippen LogP contribution in [0.3, 0.4) is 0 Å². The molecule has 4 atom stereocenters. The second kappa shape index (κ2) is 3.44. The van der Waals surface area contributed by atoms with Crippen LogP contribution >= 0.6 is 0 Å². The molecule has 0 amide bonds. The maximum absolute atomic E-state index is 10.7. The van der Waals surface area contributed by atoms with Gasteiger partial charge in [-0.1, -0.05) is 13.8 Å². The quantitative estimate of drug-likeness (QED) is 0.563. The van der Waals surface area contributed by atoms with Crippen LogP contribution in [0.15, 0.2) is 0 Å². The Kier molecular flexibility index (Phi) is 2.73. The van der Waals surface area contributed by atoms with E-state index in [0.717, 1.165) is 0 Å². The molecule has 12 heavy (non-hydrogen) atoms. The Morgan fingerprint density at radius 2 is 1.83 bits per heavy atom. The molecule has 0 spiro atoms. The van der Waals surface area contributed by atoms with E-state index in [9.17, 15) is 4.79 Å². The second-order valence-electron chi connectivity index (χ2n) is 3.54. The predicted octanol–water partition coefficient (Wildman–Crippen LogP) is 1.57. The molecule has 1 saturated heterocycles. The lowest BCUT2D eigenvalue weighted by atomic mass is 9.94. The maximum Gasteiger partial charge on any atom is 0.304 e. The molecule has 0 unspecified atom stereocenters. The lowest BCUT2D eigenvalue weighted by molar-refractivity contribution is -0.177. The normalized spacial score (nSPS) is 41.3. The van der Waals surface area contributed by atoms with Crippen molar-refractivity contribution in [2.45, 2.75) is 40.1 Å². The van der Waals surface area contributed by atoms with Crippen molar-refractivity contribution in [3.05, 3.63) is 0 Å². The molecule has 1 heterocycles. The van der Waals surface area contributed by atoms with Gasteiger partial charge in [0.1, 0.15) is 0 Å². The minimum atomic E-state index is -0.340. The van der Waals surface area contributed by atoms with Crippen LogP contribution in [0.4, 0.5) is 0 Å². The Hall–Kier alpha value is -0.570. The summed E-state index contributed by atoms with van der Waals surface area (Å²) in [5, 5.41) is 0. The predicted molar refractivity (Wildman–Crippen MR) is 44.4 cm³/mol. The van der Waals surface area contributed by atoms with Gasteiger partial charge in [0.15, 0.2) is 0 Å². The molecular weight excluding hydrogens is 156 g/mol. The van der Waals surface area contributed by atoms with Gasteiger partial charge in [-0.15, -0.1) is 0 Å². The van der Waals surface area contributed by atoms with Crippen molar-refractivity contribution in [3.63, 3.8) is 0 Å². The fourth-order valence-corrected chi connectivity index (χ4v) is 1.43. The van der Waals surface area contributed by atoms with Crippen LogP contribution in [0.25, 0.3) is 0 Å². The zero-order valence-corrected chi connectivity index (χ0v) is 8.03. The monoisotopic (exact) mass is 172 g/mol. The number of carbonyl (C=O) groups is 1. The first kappa shape index (κ1) is 9.52. The van der Waals surface area contributed by atoms with E-state index < -0.39 is 0 Å². The van der Waals surface area contributed by atoms with Gasteiger partial charge in [0.25, 0.3) is 0 Å². The van der Waals surface area contributed by atoms with Gasteiger partial charge in [-0.2, -0.15) is 0 Å². The van der Waals surface area contributed by atoms with Gasteiger partial charge in [0.2, 0.25) is 6.29 Å². The zero-order valence-electron chi connectivity index (χ0n) is 8.03. The van der Waals surface area contributed by atoms with E-state index in [1.165, 1.54) is 6.92 Å². The van der Waals surface area contributed by atoms with Gasteiger partial charge >= 0.3 is 5.97 Å². The second-order valence-corrected chi connectivity index (χ2v) is 3.54. The fourth-order valence-electron chi connectivity index (χ4n) is 1.43. The first-order valence-electron chi connectivity index (χ1n) is 4.35. The van der Waals surface area contributed by atoms with E-state index in [1.807, 2.05) is 13.8 Å². The van der Waals surface area contributed by atoms with Gasteiger partial charge in [-0.25, -0.2) is 0 Å². The maximum atomic E-state index is 10.7. The highest BCUT2D eigenvalue weighted by atomic mass is 16.7. The molecule has 1 aliphatic rings. The van der Waals surface area contributed by atoms with E-state index in [1.54, 1.807) is 0 Å². The lowest BCUT2D eigenvalue weighted by Gasteiger charge is -2.15. The summed E-state index contributed by atoms with van der Waals surface area (Å²) in [5.74, 6) is 0.478. The minimum Gasteiger partial charge on any atom is -0.436 e. The first-order chi connectivity index (χ1) is 5.52. The van der Waals surface area contributed by atoms with Crippen molar-refractivity contribution in [1.29, 1.82) is 0 Å². The molecule has 0 aromatic carbocycles. The largest absolute Gasteiger partial charge is 0.436 e. The number of ether oxygens (including phenoxy) is 2. The smallest absolute Gasteiger partial charge is 0.304 e. The molecule has 3 heteroatoms. The number of carbonyl (C=O) groups excluding carboxylic acids is 1. The molecule has 1 fully saturated rings. The number of hydrogen-bond acceptors (Lipinski definition) is 3. The highest BCUT2D eigenvalue weighted by molar-refractivity contribution is 5.66. The van der Waals surface area contributed by atoms with Gasteiger partial charge in [0.05, 0.1) is 6.10 Å². The standard InChI is InChI=1S/C9H16O3/c1-5-6(2)9(11-7(5)3)12-8(4)10/h5-7,9H,1-4H3/t5-,6+,7+,9-/m0/s1. The Morgan fingerprint density at radius 3 is 2.17 bits per heavy atom. The number of rotatable bonds is 1. The molecule has 70 valence electrons. The summed E-state index contributed by atoms with van der Waals surface area (Å²) in [7, 11) is 0. The fraction of sp³-hybridized carbons (Fsp3) is 0.889. The van der Waals surface area contributed by atoms with E-state index in [0.29, 0.717) is 11.8 Å². The Labute approximate surface area is 73.0 Å². The first-order valence-corrected chi connectivity index (χ1v) is 4.35. The van der Waals surface area contributed by atoms with Crippen LogP contribution in [-0.2, 0) is 14.3 Å². The van der Waals surface area contributed by atoms with Crippen LogP contribution in [0, 0.1) is 11.8 Å². The Balaban J connectivity index is 2.52. The van der Waals surface area contributed by atoms with Crippen molar-refractivity contribution in [3.8, 4) is 0 Å². The summed E-state index contributed by atoms with van der Waals surface area (Å²) in [5.41, 5.74) is 0. The van der Waals surface area contributed by atoms with Crippen molar-refractivity contribution in [2.75, 3.05) is 0 Å². The summed E-state index contributed by atoms with van der Waals surface area (Å²) in [6, 6.07) is 0. The van der Waals surface area contributed by atoms with Crippen LogP contribution in [0.5, 0.6) is 0 Å². The molecule has 1 aliphatic heterocycles. The molecule has 0 aromatic heterocycles. The number of esters is 1. The summed E-state index contributed by atoms with van der Waals surface area (Å²) in [6.07, 6.45) is -0.156. The van der Waals surface area contributed by atoms with Crippen molar-refractivity contribution in [2.24, 2.45) is 11.8 Å². The molecule has 0 aliphatic carbocycles. The zero-order chi connectivity index (χ0) is 9.30. The lowest BCUT2D eigenvalue weighted by Crippen LogP contribution is -2.21. The van der Waals surface area contributed by atoms with Gasteiger partial charge in [0, 0.05) is 12.8 Å². The highest BCUT2D eigenvalue weighted by Gasteiger charge is 2.38. The average molecular weight is 172 g/mol. The average Bonchev–Trinajstić information content (AvgIpc) is 2.17. The van der Waals surface area contributed by atoms with E-state index in [-0.39, 0.29) is 18.4 Å². The molecule has 0 N–H and O–H groups in total. The Morgan fingerprint density at radius 1 is 1.25 bits per heavy atom. The summed E-state index contributed by atoms with van der Waals surface area (Å²) >= 11 is 0. The summed E-state index contributed by atoms with van der Waals surface area (Å²) < 4.78 is 10.5. The third kappa shape index (κ3) is 1.78.